The van der Waals surface area contributed by atoms with E-state index in [9.17, 15) is 19.7 Å². The molecule has 0 radical (unpaired) electrons. The number of carbonyl (C=O) groups is 1. The van der Waals surface area contributed by atoms with Gasteiger partial charge < -0.3 is 14.3 Å². The average molecular weight is 465 g/mol. The highest BCUT2D eigenvalue weighted by Gasteiger charge is 2.18. The molecule has 0 atom stereocenters. The maximum atomic E-state index is 12.7. The minimum atomic E-state index is -0.630. The second kappa shape index (κ2) is 9.30. The van der Waals surface area contributed by atoms with E-state index in [1.807, 2.05) is 32.9 Å². The fraction of sp³-hybridized carbons (Fsp3) is 0.304. The quantitative estimate of drug-likeness (QED) is 0.297. The molecule has 176 valence electrons. The number of nitrogens with zero attached hydrogens (tertiary/aromatic N) is 4. The molecule has 2 aromatic carbocycles. The Labute approximate surface area is 193 Å². The first-order valence-electron chi connectivity index (χ1n) is 10.8. The van der Waals surface area contributed by atoms with E-state index in [1.165, 1.54) is 22.8 Å². The molecule has 0 bridgehead atoms. The number of benzene rings is 2. The molecule has 11 nitrogen and oxygen atoms in total. The van der Waals surface area contributed by atoms with Crippen LogP contribution in [0.15, 0.2) is 50.1 Å². The van der Waals surface area contributed by atoms with Gasteiger partial charge in [-0.1, -0.05) is 31.1 Å². The highest BCUT2D eigenvalue weighted by atomic mass is 16.6. The molecule has 2 heterocycles. The van der Waals surface area contributed by atoms with E-state index in [0.29, 0.717) is 34.9 Å². The van der Waals surface area contributed by atoms with Crippen molar-refractivity contribution in [3.8, 4) is 11.5 Å². The van der Waals surface area contributed by atoms with Crippen LogP contribution in [-0.4, -0.2) is 25.5 Å². The smallest absolute Gasteiger partial charge is 0.407 e. The zero-order valence-electron chi connectivity index (χ0n) is 18.9. The fourth-order valence-corrected chi connectivity index (χ4v) is 3.57. The second-order valence-corrected chi connectivity index (χ2v) is 8.19. The van der Waals surface area contributed by atoms with Gasteiger partial charge in [-0.3, -0.25) is 19.5 Å². The third-order valence-corrected chi connectivity index (χ3v) is 5.37. The van der Waals surface area contributed by atoms with Crippen LogP contribution in [-0.2, 0) is 11.3 Å². The van der Waals surface area contributed by atoms with E-state index in [0.717, 1.165) is 5.56 Å². The predicted octanol–water partition coefficient (Wildman–Crippen LogP) is 4.40. The van der Waals surface area contributed by atoms with Gasteiger partial charge in [0.05, 0.1) is 27.8 Å². The van der Waals surface area contributed by atoms with Gasteiger partial charge in [-0.2, -0.15) is 4.98 Å². The van der Waals surface area contributed by atoms with E-state index in [1.54, 1.807) is 6.07 Å². The SMILES string of the molecule is Cc1cccc(-c2nc(C(C)C)no2)c1NC(=O)CCCn1c(=O)oc2cc([N+](=O)[O-])ccc21. The van der Waals surface area contributed by atoms with Gasteiger partial charge in [-0.15, -0.1) is 0 Å². The maximum absolute atomic E-state index is 12.7. The van der Waals surface area contributed by atoms with Crippen LogP contribution in [0.5, 0.6) is 0 Å². The summed E-state index contributed by atoms with van der Waals surface area (Å²) < 4.78 is 11.9. The van der Waals surface area contributed by atoms with Crippen molar-refractivity contribution >= 4 is 28.4 Å². The largest absolute Gasteiger partial charge is 0.419 e. The Kier molecular flexibility index (Phi) is 6.26. The van der Waals surface area contributed by atoms with Crippen LogP contribution < -0.4 is 11.1 Å². The molecule has 4 aromatic rings. The highest BCUT2D eigenvalue weighted by Crippen LogP contribution is 2.30. The second-order valence-electron chi connectivity index (χ2n) is 8.19. The monoisotopic (exact) mass is 465 g/mol. The number of nitro benzene ring substituents is 1. The summed E-state index contributed by atoms with van der Waals surface area (Å²) in [7, 11) is 0. The highest BCUT2D eigenvalue weighted by molar-refractivity contribution is 5.95. The minimum absolute atomic E-state index is 0.105. The molecule has 0 aliphatic rings. The molecule has 1 amide bonds. The number of nitrogens with one attached hydrogen (secondary N) is 1. The first-order valence-corrected chi connectivity index (χ1v) is 10.8. The lowest BCUT2D eigenvalue weighted by Gasteiger charge is -2.12. The number of carbonyl (C=O) groups excluding carboxylic acids is 1. The molecule has 0 saturated heterocycles. The van der Waals surface area contributed by atoms with Gasteiger partial charge >= 0.3 is 5.76 Å². The van der Waals surface area contributed by atoms with Gasteiger partial charge in [0, 0.05) is 24.9 Å². The molecule has 1 N–H and O–H groups in total. The maximum Gasteiger partial charge on any atom is 0.419 e. The number of para-hydroxylation sites is 1. The first kappa shape index (κ1) is 22.9. The molecule has 4 rings (SSSR count). The molecule has 0 aliphatic carbocycles. The number of aryl methyl sites for hydroxylation is 2. The molecule has 0 fully saturated rings. The summed E-state index contributed by atoms with van der Waals surface area (Å²) in [5, 5.41) is 17.8. The van der Waals surface area contributed by atoms with Crippen molar-refractivity contribution in [1.82, 2.24) is 14.7 Å². The zero-order chi connectivity index (χ0) is 24.4. The lowest BCUT2D eigenvalue weighted by atomic mass is 10.1. The molecule has 0 saturated carbocycles. The van der Waals surface area contributed by atoms with Crippen molar-refractivity contribution in [2.75, 3.05) is 5.32 Å². The van der Waals surface area contributed by atoms with Crippen LogP contribution in [0, 0.1) is 17.0 Å². The van der Waals surface area contributed by atoms with Crippen LogP contribution in [0.4, 0.5) is 11.4 Å². The van der Waals surface area contributed by atoms with Crippen LogP contribution in [0.3, 0.4) is 0 Å². The number of amides is 1. The number of hydrogen-bond donors (Lipinski definition) is 1. The Morgan fingerprint density at radius 3 is 2.76 bits per heavy atom. The fourth-order valence-electron chi connectivity index (χ4n) is 3.57. The minimum Gasteiger partial charge on any atom is -0.407 e. The summed E-state index contributed by atoms with van der Waals surface area (Å²) in [4.78, 5) is 39.7. The number of non-ortho nitro benzene ring substituents is 1. The number of nitro groups is 1. The van der Waals surface area contributed by atoms with Crippen molar-refractivity contribution < 1.29 is 18.7 Å². The van der Waals surface area contributed by atoms with Crippen LogP contribution in [0.2, 0.25) is 0 Å². The summed E-state index contributed by atoms with van der Waals surface area (Å²) in [6.45, 7) is 6.01. The van der Waals surface area contributed by atoms with Crippen LogP contribution in [0.25, 0.3) is 22.6 Å². The molecule has 34 heavy (non-hydrogen) atoms. The first-order chi connectivity index (χ1) is 16.2. The number of hydrogen-bond acceptors (Lipinski definition) is 8. The van der Waals surface area contributed by atoms with Gasteiger partial charge in [0.15, 0.2) is 11.4 Å². The standard InChI is InChI=1S/C23H23N5O6/c1-13(2)21-25-22(34-26-21)16-7-4-6-14(3)20(16)24-19(29)8-5-11-27-17-10-9-15(28(31)32)12-18(17)33-23(27)30/h4,6-7,9-10,12-13H,5,8,11H2,1-3H3,(H,24,29). The number of oxazole rings is 1. The summed E-state index contributed by atoms with van der Waals surface area (Å²) in [6.07, 6.45) is 0.498. The third-order valence-electron chi connectivity index (χ3n) is 5.37. The normalized spacial score (nSPS) is 11.3. The Balaban J connectivity index is 1.46. The van der Waals surface area contributed by atoms with Crippen molar-refractivity contribution in [1.29, 1.82) is 0 Å². The lowest BCUT2D eigenvalue weighted by molar-refractivity contribution is -0.384. The number of anilines is 1. The van der Waals surface area contributed by atoms with Gasteiger partial charge in [-0.25, -0.2) is 4.79 Å². The van der Waals surface area contributed by atoms with Crippen LogP contribution >= 0.6 is 0 Å². The van der Waals surface area contributed by atoms with Gasteiger partial charge in [0.1, 0.15) is 0 Å². The Hall–Kier alpha value is -4.28. The summed E-state index contributed by atoms with van der Waals surface area (Å²) in [5.41, 5.74) is 2.47. The Morgan fingerprint density at radius 1 is 1.26 bits per heavy atom. The van der Waals surface area contributed by atoms with E-state index >= 15 is 0 Å². The van der Waals surface area contributed by atoms with Crippen molar-refractivity contribution in [3.05, 3.63) is 68.5 Å². The molecular formula is C23H23N5O6. The molecule has 0 spiro atoms. The predicted molar refractivity (Wildman–Crippen MR) is 124 cm³/mol. The van der Waals surface area contributed by atoms with E-state index in [-0.39, 0.29) is 36.1 Å². The van der Waals surface area contributed by atoms with E-state index < -0.39 is 10.7 Å². The van der Waals surface area contributed by atoms with E-state index in [4.69, 9.17) is 8.94 Å². The van der Waals surface area contributed by atoms with E-state index in [2.05, 4.69) is 15.5 Å². The molecule has 11 heteroatoms. The number of fused-ring (bicyclic) bond motifs is 1. The lowest BCUT2D eigenvalue weighted by Crippen LogP contribution is -2.17. The Morgan fingerprint density at radius 2 is 2.06 bits per heavy atom. The van der Waals surface area contributed by atoms with Crippen molar-refractivity contribution in [2.45, 2.75) is 46.1 Å². The molecular weight excluding hydrogens is 442 g/mol. The number of aromatic nitrogens is 3. The van der Waals surface area contributed by atoms with Crippen molar-refractivity contribution in [2.24, 2.45) is 0 Å². The number of rotatable bonds is 8. The molecule has 0 unspecified atom stereocenters. The molecule has 0 aliphatic heterocycles. The average Bonchev–Trinajstić information content (AvgIpc) is 3.40. The molecule has 2 aromatic heterocycles. The summed E-state index contributed by atoms with van der Waals surface area (Å²) in [5.74, 6) is 0.143. The zero-order valence-corrected chi connectivity index (χ0v) is 18.9. The summed E-state index contributed by atoms with van der Waals surface area (Å²) in [6, 6.07) is 9.50. The van der Waals surface area contributed by atoms with Crippen molar-refractivity contribution in [3.63, 3.8) is 0 Å². The van der Waals surface area contributed by atoms with Gasteiger partial charge in [0.25, 0.3) is 11.6 Å². The third kappa shape index (κ3) is 4.58. The summed E-state index contributed by atoms with van der Waals surface area (Å²) >= 11 is 0. The van der Waals surface area contributed by atoms with Gasteiger partial charge in [0.2, 0.25) is 5.91 Å². The van der Waals surface area contributed by atoms with Crippen LogP contribution in [0.1, 0.15) is 44.0 Å². The topological polar surface area (TPSA) is 146 Å². The van der Waals surface area contributed by atoms with Gasteiger partial charge in [-0.05, 0) is 31.0 Å². The Bertz CT molecular complexity index is 1430.